The van der Waals surface area contributed by atoms with Crippen LogP contribution in [0.2, 0.25) is 5.02 Å². The predicted octanol–water partition coefficient (Wildman–Crippen LogP) is 4.35. The van der Waals surface area contributed by atoms with Crippen molar-refractivity contribution in [1.29, 1.82) is 0 Å². The van der Waals surface area contributed by atoms with Crippen molar-refractivity contribution in [2.45, 2.75) is 52.2 Å². The van der Waals surface area contributed by atoms with Gasteiger partial charge in [0.15, 0.2) is 0 Å². The molecule has 150 valence electrons. The zero-order valence-electron chi connectivity index (χ0n) is 16.4. The lowest BCUT2D eigenvalue weighted by atomic mass is 10.1. The minimum Gasteiger partial charge on any atom is -0.352 e. The van der Waals surface area contributed by atoms with Gasteiger partial charge in [0.05, 0.1) is 6.42 Å². The first-order valence-corrected chi connectivity index (χ1v) is 9.77. The van der Waals surface area contributed by atoms with Crippen molar-refractivity contribution in [3.05, 3.63) is 70.5 Å². The molecule has 1 N–H and O–H groups in total. The van der Waals surface area contributed by atoms with Crippen molar-refractivity contribution < 1.29 is 14.0 Å². The minimum atomic E-state index is -0.691. The van der Waals surface area contributed by atoms with Crippen LogP contribution in [0.25, 0.3) is 0 Å². The van der Waals surface area contributed by atoms with Gasteiger partial charge in [-0.05, 0) is 49.6 Å². The highest BCUT2D eigenvalue weighted by molar-refractivity contribution is 6.30. The summed E-state index contributed by atoms with van der Waals surface area (Å²) in [5.41, 5.74) is 1.15. The molecule has 6 heteroatoms. The standard InChI is InChI=1S/C22H26ClFN2O2/c1-4-15(2)25-22(28)16(3)26(14-17-9-11-19(23)12-10-17)21(27)13-18-7-5-6-8-20(18)24/h5-12,15-16H,4,13-14H2,1-3H3,(H,25,28)/t15-,16-/m1/s1. The first kappa shape index (κ1) is 21.9. The highest BCUT2D eigenvalue weighted by Crippen LogP contribution is 2.16. The molecule has 0 saturated carbocycles. The van der Waals surface area contributed by atoms with Crippen LogP contribution in [0.4, 0.5) is 4.39 Å². The van der Waals surface area contributed by atoms with E-state index >= 15 is 0 Å². The zero-order valence-corrected chi connectivity index (χ0v) is 17.2. The maximum absolute atomic E-state index is 14.0. The molecule has 0 spiro atoms. The van der Waals surface area contributed by atoms with Crippen molar-refractivity contribution >= 4 is 23.4 Å². The van der Waals surface area contributed by atoms with Crippen molar-refractivity contribution in [1.82, 2.24) is 10.2 Å². The van der Waals surface area contributed by atoms with Crippen molar-refractivity contribution in [3.63, 3.8) is 0 Å². The van der Waals surface area contributed by atoms with Crippen molar-refractivity contribution in [2.75, 3.05) is 0 Å². The molecule has 2 aromatic carbocycles. The van der Waals surface area contributed by atoms with Crippen LogP contribution in [0, 0.1) is 5.82 Å². The Morgan fingerprint density at radius 3 is 2.36 bits per heavy atom. The van der Waals surface area contributed by atoms with Gasteiger partial charge < -0.3 is 10.2 Å². The van der Waals surface area contributed by atoms with Gasteiger partial charge in [-0.15, -0.1) is 0 Å². The minimum absolute atomic E-state index is 0.00833. The van der Waals surface area contributed by atoms with Gasteiger partial charge in [0.1, 0.15) is 11.9 Å². The van der Waals surface area contributed by atoms with Gasteiger partial charge >= 0.3 is 0 Å². The van der Waals surface area contributed by atoms with E-state index < -0.39 is 11.9 Å². The van der Waals surface area contributed by atoms with Crippen molar-refractivity contribution in [2.24, 2.45) is 0 Å². The Morgan fingerprint density at radius 2 is 1.75 bits per heavy atom. The number of halogens is 2. The Kier molecular flexibility index (Phi) is 8.00. The fraction of sp³-hybridized carbons (Fsp3) is 0.364. The Labute approximate surface area is 170 Å². The number of nitrogens with zero attached hydrogens (tertiary/aromatic N) is 1. The molecule has 0 aliphatic rings. The molecule has 4 nitrogen and oxygen atoms in total. The summed E-state index contributed by atoms with van der Waals surface area (Å²) in [5.74, 6) is -0.976. The summed E-state index contributed by atoms with van der Waals surface area (Å²) in [6.45, 7) is 5.81. The number of hydrogen-bond donors (Lipinski definition) is 1. The molecule has 0 bridgehead atoms. The summed E-state index contributed by atoms with van der Waals surface area (Å²) in [7, 11) is 0. The van der Waals surface area contributed by atoms with E-state index in [1.807, 2.05) is 26.0 Å². The van der Waals surface area contributed by atoms with Crippen LogP contribution in [0.5, 0.6) is 0 Å². The van der Waals surface area contributed by atoms with E-state index in [1.165, 1.54) is 11.0 Å². The molecule has 0 unspecified atom stereocenters. The van der Waals surface area contributed by atoms with Gasteiger partial charge in [-0.3, -0.25) is 9.59 Å². The number of rotatable bonds is 8. The normalized spacial score (nSPS) is 12.9. The van der Waals surface area contributed by atoms with Crippen LogP contribution in [-0.4, -0.2) is 28.8 Å². The summed E-state index contributed by atoms with van der Waals surface area (Å²) in [6, 6.07) is 12.6. The highest BCUT2D eigenvalue weighted by Gasteiger charge is 2.27. The summed E-state index contributed by atoms with van der Waals surface area (Å²) in [4.78, 5) is 27.1. The predicted molar refractivity (Wildman–Crippen MR) is 109 cm³/mol. The SMILES string of the molecule is CC[C@@H](C)NC(=O)[C@@H](C)N(Cc1ccc(Cl)cc1)C(=O)Cc1ccccc1F. The second-order valence-corrected chi connectivity index (χ2v) is 7.35. The fourth-order valence-electron chi connectivity index (χ4n) is 2.74. The molecular formula is C22H26ClFN2O2. The lowest BCUT2D eigenvalue weighted by molar-refractivity contribution is -0.140. The number of nitrogens with one attached hydrogen (secondary N) is 1. The van der Waals surface area contributed by atoms with E-state index in [9.17, 15) is 14.0 Å². The average molecular weight is 405 g/mol. The smallest absolute Gasteiger partial charge is 0.242 e. The molecule has 0 fully saturated rings. The molecule has 0 heterocycles. The second-order valence-electron chi connectivity index (χ2n) is 6.91. The van der Waals surface area contributed by atoms with E-state index in [-0.39, 0.29) is 30.8 Å². The lowest BCUT2D eigenvalue weighted by Gasteiger charge is -2.30. The molecule has 2 aromatic rings. The molecule has 0 radical (unpaired) electrons. The maximum Gasteiger partial charge on any atom is 0.242 e. The van der Waals surface area contributed by atoms with Crippen LogP contribution < -0.4 is 5.32 Å². The van der Waals surface area contributed by atoms with Crippen LogP contribution >= 0.6 is 11.6 Å². The lowest BCUT2D eigenvalue weighted by Crippen LogP contribution is -2.49. The quantitative estimate of drug-likeness (QED) is 0.710. The molecule has 2 atom stereocenters. The summed E-state index contributed by atoms with van der Waals surface area (Å²) in [5, 5.41) is 3.50. The van der Waals surface area contributed by atoms with Gasteiger partial charge in [-0.2, -0.15) is 0 Å². The van der Waals surface area contributed by atoms with Gasteiger partial charge in [-0.1, -0.05) is 48.9 Å². The number of benzene rings is 2. The maximum atomic E-state index is 14.0. The molecule has 0 aromatic heterocycles. The molecular weight excluding hydrogens is 379 g/mol. The number of carbonyl (C=O) groups is 2. The largest absolute Gasteiger partial charge is 0.352 e. The molecule has 0 aliphatic carbocycles. The Bertz CT molecular complexity index is 810. The molecule has 0 saturated heterocycles. The molecule has 2 rings (SSSR count). The van der Waals surface area contributed by atoms with Crippen LogP contribution in [-0.2, 0) is 22.6 Å². The third-order valence-corrected chi connectivity index (χ3v) is 4.99. The Morgan fingerprint density at radius 1 is 1.11 bits per heavy atom. The van der Waals surface area contributed by atoms with Crippen LogP contribution in [0.15, 0.2) is 48.5 Å². The van der Waals surface area contributed by atoms with E-state index in [0.717, 1.165) is 12.0 Å². The fourth-order valence-corrected chi connectivity index (χ4v) is 2.87. The number of hydrogen-bond acceptors (Lipinski definition) is 2. The zero-order chi connectivity index (χ0) is 20.7. The van der Waals surface area contributed by atoms with Gasteiger partial charge in [0, 0.05) is 17.6 Å². The Balaban J connectivity index is 2.23. The molecule has 2 amide bonds. The van der Waals surface area contributed by atoms with E-state index in [2.05, 4.69) is 5.32 Å². The van der Waals surface area contributed by atoms with Crippen LogP contribution in [0.1, 0.15) is 38.3 Å². The first-order valence-electron chi connectivity index (χ1n) is 9.39. The van der Waals surface area contributed by atoms with Gasteiger partial charge in [0.2, 0.25) is 11.8 Å². The summed E-state index contributed by atoms with van der Waals surface area (Å²) >= 11 is 5.94. The third-order valence-electron chi connectivity index (χ3n) is 4.73. The van der Waals surface area contributed by atoms with E-state index in [1.54, 1.807) is 37.3 Å². The van der Waals surface area contributed by atoms with Crippen molar-refractivity contribution in [3.8, 4) is 0 Å². The molecule has 28 heavy (non-hydrogen) atoms. The topological polar surface area (TPSA) is 49.4 Å². The molecule has 0 aliphatic heterocycles. The first-order chi connectivity index (χ1) is 13.3. The van der Waals surface area contributed by atoms with E-state index in [0.29, 0.717) is 10.6 Å². The average Bonchev–Trinajstić information content (AvgIpc) is 2.68. The number of carbonyl (C=O) groups excluding carboxylic acids is 2. The Hall–Kier alpha value is -2.40. The monoisotopic (exact) mass is 404 g/mol. The number of amides is 2. The second kappa shape index (κ2) is 10.2. The highest BCUT2D eigenvalue weighted by atomic mass is 35.5. The van der Waals surface area contributed by atoms with Crippen LogP contribution in [0.3, 0.4) is 0 Å². The van der Waals surface area contributed by atoms with Gasteiger partial charge in [-0.25, -0.2) is 4.39 Å². The third kappa shape index (κ3) is 6.06. The van der Waals surface area contributed by atoms with Gasteiger partial charge in [0.25, 0.3) is 0 Å². The summed E-state index contributed by atoms with van der Waals surface area (Å²) in [6.07, 6.45) is 0.681. The summed E-state index contributed by atoms with van der Waals surface area (Å²) < 4.78 is 14.0. The van der Waals surface area contributed by atoms with E-state index in [4.69, 9.17) is 11.6 Å².